The summed E-state index contributed by atoms with van der Waals surface area (Å²) in [5.41, 5.74) is 4.44. The van der Waals surface area contributed by atoms with Crippen molar-refractivity contribution in [3.05, 3.63) is 41.0 Å². The summed E-state index contributed by atoms with van der Waals surface area (Å²) in [4.78, 5) is 0. The van der Waals surface area contributed by atoms with Crippen LogP contribution >= 0.6 is 0 Å². The fourth-order valence-electron chi connectivity index (χ4n) is 1.92. The van der Waals surface area contributed by atoms with Gasteiger partial charge in [0.05, 0.1) is 0 Å². The molecule has 13 heavy (non-hydrogen) atoms. The number of benzene rings is 1. The number of hydrogen-bond acceptors (Lipinski definition) is 0. The molecule has 0 fully saturated rings. The van der Waals surface area contributed by atoms with Gasteiger partial charge in [0.25, 0.3) is 0 Å². The summed E-state index contributed by atoms with van der Waals surface area (Å²) in [6, 6.07) is 6.92. The third-order valence-corrected chi connectivity index (χ3v) is 2.63. The summed E-state index contributed by atoms with van der Waals surface area (Å²) in [6.07, 6.45) is 9.41. The molecule has 0 atom stereocenters. The highest BCUT2D eigenvalue weighted by molar-refractivity contribution is 5.57. The molecular formula is C13H16. The van der Waals surface area contributed by atoms with E-state index in [-0.39, 0.29) is 0 Å². The van der Waals surface area contributed by atoms with Crippen LogP contribution in [-0.4, -0.2) is 0 Å². The zero-order valence-corrected chi connectivity index (χ0v) is 8.22. The van der Waals surface area contributed by atoms with Crippen LogP contribution in [0.15, 0.2) is 24.3 Å². The lowest BCUT2D eigenvalue weighted by molar-refractivity contribution is 0.914. The quantitative estimate of drug-likeness (QED) is 0.639. The van der Waals surface area contributed by atoms with Crippen molar-refractivity contribution in [1.82, 2.24) is 0 Å². The van der Waals surface area contributed by atoms with Crippen LogP contribution in [0.4, 0.5) is 0 Å². The van der Waals surface area contributed by atoms with Gasteiger partial charge in [-0.15, -0.1) is 0 Å². The van der Waals surface area contributed by atoms with Crippen LogP contribution in [0.1, 0.15) is 36.5 Å². The minimum atomic E-state index is 1.21. The Morgan fingerprint density at radius 3 is 3.08 bits per heavy atom. The van der Waals surface area contributed by atoms with E-state index in [0.29, 0.717) is 0 Å². The van der Waals surface area contributed by atoms with Crippen LogP contribution < -0.4 is 0 Å². The monoisotopic (exact) mass is 172 g/mol. The summed E-state index contributed by atoms with van der Waals surface area (Å²) in [7, 11) is 0. The fraction of sp³-hybridized carbons (Fsp3) is 0.385. The molecule has 0 heteroatoms. The number of hydrogen-bond donors (Lipinski definition) is 0. The van der Waals surface area contributed by atoms with E-state index >= 15 is 0 Å². The van der Waals surface area contributed by atoms with Gasteiger partial charge in [0.15, 0.2) is 0 Å². The van der Waals surface area contributed by atoms with Gasteiger partial charge >= 0.3 is 0 Å². The first kappa shape index (κ1) is 8.55. The van der Waals surface area contributed by atoms with Crippen molar-refractivity contribution in [2.75, 3.05) is 0 Å². The molecule has 0 spiro atoms. The van der Waals surface area contributed by atoms with Crippen molar-refractivity contribution in [1.29, 1.82) is 0 Å². The molecule has 1 aliphatic carbocycles. The minimum absolute atomic E-state index is 1.21. The molecule has 0 aromatic heterocycles. The Morgan fingerprint density at radius 2 is 2.23 bits per heavy atom. The second-order valence-electron chi connectivity index (χ2n) is 3.72. The van der Waals surface area contributed by atoms with E-state index in [0.717, 1.165) is 0 Å². The predicted octanol–water partition coefficient (Wildman–Crippen LogP) is 3.60. The summed E-state index contributed by atoms with van der Waals surface area (Å²) in [5.74, 6) is 0. The zero-order chi connectivity index (χ0) is 9.10. The van der Waals surface area contributed by atoms with E-state index in [4.69, 9.17) is 0 Å². The van der Waals surface area contributed by atoms with Gasteiger partial charge in [-0.1, -0.05) is 43.7 Å². The molecule has 0 bridgehead atoms. The van der Waals surface area contributed by atoms with Gasteiger partial charge in [0.2, 0.25) is 0 Å². The minimum Gasteiger partial charge on any atom is -0.0836 e. The molecule has 2 rings (SSSR count). The Balaban J connectivity index is 2.31. The molecule has 1 aromatic rings. The van der Waals surface area contributed by atoms with Crippen LogP contribution in [0.2, 0.25) is 0 Å². The summed E-state index contributed by atoms with van der Waals surface area (Å²) in [6.45, 7) is 2.23. The molecule has 0 N–H and O–H groups in total. The molecule has 0 saturated carbocycles. The highest BCUT2D eigenvalue weighted by Gasteiger charge is 2.04. The van der Waals surface area contributed by atoms with Crippen LogP contribution in [0, 0.1) is 0 Å². The third kappa shape index (κ3) is 1.82. The molecule has 0 amide bonds. The normalized spacial score (nSPS) is 14.2. The van der Waals surface area contributed by atoms with Crippen molar-refractivity contribution in [3.63, 3.8) is 0 Å². The molecule has 1 aliphatic rings. The third-order valence-electron chi connectivity index (χ3n) is 2.63. The molecule has 0 unspecified atom stereocenters. The van der Waals surface area contributed by atoms with Gasteiger partial charge < -0.3 is 0 Å². The van der Waals surface area contributed by atoms with Gasteiger partial charge in [0.1, 0.15) is 0 Å². The van der Waals surface area contributed by atoms with Crippen LogP contribution in [0.25, 0.3) is 6.08 Å². The van der Waals surface area contributed by atoms with Crippen molar-refractivity contribution >= 4 is 6.08 Å². The standard InChI is InChI=1S/C13H16/c1-2-5-11-8-9-12-6-3-4-7-13(12)10-11/h4,7-10H,2-3,5-6H2,1H3. The van der Waals surface area contributed by atoms with Gasteiger partial charge in [-0.25, -0.2) is 0 Å². The first-order valence-corrected chi connectivity index (χ1v) is 5.18. The van der Waals surface area contributed by atoms with Crippen molar-refractivity contribution in [2.45, 2.75) is 32.6 Å². The lowest BCUT2D eigenvalue weighted by Gasteiger charge is -2.11. The van der Waals surface area contributed by atoms with E-state index < -0.39 is 0 Å². The van der Waals surface area contributed by atoms with Crippen molar-refractivity contribution in [3.8, 4) is 0 Å². The van der Waals surface area contributed by atoms with Crippen LogP contribution in [0.3, 0.4) is 0 Å². The molecule has 0 saturated heterocycles. The Kier molecular flexibility index (Phi) is 2.49. The Bertz CT molecular complexity index is 321. The maximum atomic E-state index is 2.34. The van der Waals surface area contributed by atoms with Crippen LogP contribution in [0.5, 0.6) is 0 Å². The van der Waals surface area contributed by atoms with E-state index in [2.05, 4.69) is 37.3 Å². The predicted molar refractivity (Wildman–Crippen MR) is 57.8 cm³/mol. The smallest absolute Gasteiger partial charge is 0.0225 e. The second kappa shape index (κ2) is 3.78. The Morgan fingerprint density at radius 1 is 1.31 bits per heavy atom. The molecule has 1 aromatic carbocycles. The number of aryl methyl sites for hydroxylation is 2. The molecule has 0 heterocycles. The maximum Gasteiger partial charge on any atom is -0.0225 e. The van der Waals surface area contributed by atoms with E-state index in [9.17, 15) is 0 Å². The highest BCUT2D eigenvalue weighted by Crippen LogP contribution is 2.20. The second-order valence-corrected chi connectivity index (χ2v) is 3.72. The summed E-state index contributed by atoms with van der Waals surface area (Å²) >= 11 is 0. The van der Waals surface area contributed by atoms with E-state index in [1.807, 2.05) is 0 Å². The number of fused-ring (bicyclic) bond motifs is 1. The highest BCUT2D eigenvalue weighted by atomic mass is 14.1. The van der Waals surface area contributed by atoms with Crippen molar-refractivity contribution in [2.24, 2.45) is 0 Å². The van der Waals surface area contributed by atoms with E-state index in [1.165, 1.54) is 42.4 Å². The molecule has 68 valence electrons. The fourth-order valence-corrected chi connectivity index (χ4v) is 1.92. The first-order chi connectivity index (χ1) is 6.40. The number of allylic oxidation sites excluding steroid dienone is 1. The van der Waals surface area contributed by atoms with Gasteiger partial charge in [-0.2, -0.15) is 0 Å². The van der Waals surface area contributed by atoms with Crippen LogP contribution in [-0.2, 0) is 12.8 Å². The van der Waals surface area contributed by atoms with Crippen molar-refractivity contribution < 1.29 is 0 Å². The molecular weight excluding hydrogens is 156 g/mol. The molecule has 0 aliphatic heterocycles. The largest absolute Gasteiger partial charge is 0.0836 e. The Hall–Kier alpha value is -1.04. The van der Waals surface area contributed by atoms with E-state index in [1.54, 1.807) is 0 Å². The first-order valence-electron chi connectivity index (χ1n) is 5.18. The SMILES string of the molecule is CCCc1ccc2c(c1)C=CCC2. The van der Waals surface area contributed by atoms with Gasteiger partial charge in [-0.05, 0) is 36.0 Å². The zero-order valence-electron chi connectivity index (χ0n) is 8.22. The number of rotatable bonds is 2. The van der Waals surface area contributed by atoms with Gasteiger partial charge in [-0.3, -0.25) is 0 Å². The van der Waals surface area contributed by atoms with Gasteiger partial charge in [0, 0.05) is 0 Å². The summed E-state index contributed by atoms with van der Waals surface area (Å²) in [5, 5.41) is 0. The Labute approximate surface area is 80.3 Å². The average molecular weight is 172 g/mol. The molecule has 0 radical (unpaired) electrons. The maximum absolute atomic E-state index is 2.34. The lowest BCUT2D eigenvalue weighted by Crippen LogP contribution is -1.95. The average Bonchev–Trinajstić information content (AvgIpc) is 2.18. The lowest BCUT2D eigenvalue weighted by atomic mass is 9.94. The molecule has 0 nitrogen and oxygen atoms in total. The topological polar surface area (TPSA) is 0 Å². The summed E-state index contributed by atoms with van der Waals surface area (Å²) < 4.78 is 0.